The summed E-state index contributed by atoms with van der Waals surface area (Å²) in [6.07, 6.45) is -5.97. The molecule has 0 bridgehead atoms. The number of benzene rings is 2. The van der Waals surface area contributed by atoms with Crippen LogP contribution in [0.3, 0.4) is 0 Å². The number of carbonyl (C=O) groups is 4. The summed E-state index contributed by atoms with van der Waals surface area (Å²) in [6.45, 7) is 4.65. The summed E-state index contributed by atoms with van der Waals surface area (Å²) in [6, 6.07) is 10.4. The first-order valence-electron chi connectivity index (χ1n) is 12.7. The first-order chi connectivity index (χ1) is 19.8. The lowest BCUT2D eigenvalue weighted by molar-refractivity contribution is -0.141. The number of esters is 3. The number of hydrogen-bond acceptors (Lipinski definition) is 10. The number of rotatable bonds is 9. The molecule has 0 saturated heterocycles. The minimum atomic E-state index is -4.80. The fourth-order valence-corrected chi connectivity index (χ4v) is 4.22. The number of hydrogen-bond donors (Lipinski definition) is 1. The highest BCUT2D eigenvalue weighted by Crippen LogP contribution is 2.44. The van der Waals surface area contributed by atoms with Crippen molar-refractivity contribution < 1.29 is 56.0 Å². The molecule has 1 atom stereocenters. The van der Waals surface area contributed by atoms with Crippen molar-refractivity contribution in [2.75, 3.05) is 19.8 Å². The molecule has 13 heteroatoms. The van der Waals surface area contributed by atoms with Crippen LogP contribution in [0.15, 0.2) is 71.3 Å². The molecule has 0 amide bonds. The lowest BCUT2D eigenvalue weighted by Crippen LogP contribution is -2.32. The summed E-state index contributed by atoms with van der Waals surface area (Å²) < 4.78 is 67.6. The fourth-order valence-electron chi connectivity index (χ4n) is 4.22. The van der Waals surface area contributed by atoms with E-state index in [0.29, 0.717) is 0 Å². The lowest BCUT2D eigenvalue weighted by atomic mass is 9.82. The number of halogens is 3. The van der Waals surface area contributed by atoms with Gasteiger partial charge < -0.3 is 29.0 Å². The van der Waals surface area contributed by atoms with Crippen LogP contribution in [0.1, 0.15) is 55.1 Å². The molecule has 1 aliphatic rings. The molecule has 0 saturated carbocycles. The first kappa shape index (κ1) is 31.7. The standard InChI is InChI=1S/C29H28F3NO9/c1-5-38-28(37)42-25-17(3)33-16(2)23(24(25)19-10-6-8-12-21(19)29(30,31)32)27(36)40-15-14-39-26(35)20-11-7-9-13-22(20)41-18(4)34/h6-13,24,33H,5,14-15H2,1-4H3. The van der Waals surface area contributed by atoms with Crippen LogP contribution in [0, 0.1) is 0 Å². The van der Waals surface area contributed by atoms with E-state index < -0.39 is 54.9 Å². The number of allylic oxidation sites excluding steroid dienone is 3. The number of dihydropyridines is 1. The van der Waals surface area contributed by atoms with Crippen LogP contribution in [-0.2, 0) is 34.7 Å². The van der Waals surface area contributed by atoms with Gasteiger partial charge in [-0.25, -0.2) is 14.4 Å². The van der Waals surface area contributed by atoms with Crippen LogP contribution in [0.5, 0.6) is 5.75 Å². The average molecular weight is 592 g/mol. The molecule has 10 nitrogen and oxygen atoms in total. The van der Waals surface area contributed by atoms with Crippen molar-refractivity contribution in [2.45, 2.75) is 39.8 Å². The maximum atomic E-state index is 14.0. The van der Waals surface area contributed by atoms with E-state index in [9.17, 15) is 32.3 Å². The normalized spacial score (nSPS) is 15.0. The van der Waals surface area contributed by atoms with E-state index in [0.717, 1.165) is 6.07 Å². The van der Waals surface area contributed by atoms with Crippen molar-refractivity contribution in [1.82, 2.24) is 5.32 Å². The Morgan fingerprint density at radius 2 is 1.45 bits per heavy atom. The monoisotopic (exact) mass is 591 g/mol. The Morgan fingerprint density at radius 3 is 2.10 bits per heavy atom. The van der Waals surface area contributed by atoms with E-state index in [1.807, 2.05) is 0 Å². The van der Waals surface area contributed by atoms with Crippen molar-refractivity contribution in [3.05, 3.63) is 87.9 Å². The third-order valence-corrected chi connectivity index (χ3v) is 5.86. The van der Waals surface area contributed by atoms with Gasteiger partial charge in [-0.3, -0.25) is 4.79 Å². The Morgan fingerprint density at radius 1 is 0.833 bits per heavy atom. The van der Waals surface area contributed by atoms with Crippen LogP contribution in [0.4, 0.5) is 18.0 Å². The van der Waals surface area contributed by atoms with Crippen molar-refractivity contribution in [3.8, 4) is 5.75 Å². The van der Waals surface area contributed by atoms with Gasteiger partial charge in [0, 0.05) is 12.6 Å². The van der Waals surface area contributed by atoms with Crippen molar-refractivity contribution in [3.63, 3.8) is 0 Å². The Balaban J connectivity index is 1.85. The van der Waals surface area contributed by atoms with Gasteiger partial charge in [0.25, 0.3) is 0 Å². The highest BCUT2D eigenvalue weighted by molar-refractivity contribution is 5.94. The third kappa shape index (κ3) is 7.68. The van der Waals surface area contributed by atoms with Gasteiger partial charge >= 0.3 is 30.2 Å². The van der Waals surface area contributed by atoms with Crippen molar-refractivity contribution in [1.29, 1.82) is 0 Å². The summed E-state index contributed by atoms with van der Waals surface area (Å²) in [5, 5.41) is 2.84. The van der Waals surface area contributed by atoms with Gasteiger partial charge in [0.15, 0.2) is 0 Å². The molecule has 224 valence electrons. The summed E-state index contributed by atoms with van der Waals surface area (Å²) >= 11 is 0. The maximum Gasteiger partial charge on any atom is 0.513 e. The Hall–Kier alpha value is -4.81. The van der Waals surface area contributed by atoms with Gasteiger partial charge in [0.2, 0.25) is 0 Å². The van der Waals surface area contributed by atoms with E-state index >= 15 is 0 Å². The molecule has 1 unspecified atom stereocenters. The minimum absolute atomic E-state index is 0.0245. The van der Waals surface area contributed by atoms with E-state index in [2.05, 4.69) is 5.32 Å². The molecule has 1 heterocycles. The van der Waals surface area contributed by atoms with E-state index in [4.69, 9.17) is 23.7 Å². The first-order valence-corrected chi connectivity index (χ1v) is 12.7. The van der Waals surface area contributed by atoms with Gasteiger partial charge in [-0.05, 0) is 44.5 Å². The lowest BCUT2D eigenvalue weighted by Gasteiger charge is -2.31. The maximum absolute atomic E-state index is 14.0. The molecule has 0 fully saturated rings. The number of carbonyl (C=O) groups excluding carboxylic acids is 4. The second-order valence-corrected chi connectivity index (χ2v) is 8.82. The van der Waals surface area contributed by atoms with Crippen LogP contribution >= 0.6 is 0 Å². The number of ether oxygens (including phenoxy) is 5. The number of para-hydroxylation sites is 1. The van der Waals surface area contributed by atoms with Crippen LogP contribution in [0.2, 0.25) is 0 Å². The molecule has 3 rings (SSSR count). The van der Waals surface area contributed by atoms with Gasteiger partial charge in [-0.2, -0.15) is 13.2 Å². The zero-order chi connectivity index (χ0) is 31.0. The summed E-state index contributed by atoms with van der Waals surface area (Å²) in [7, 11) is 0. The Kier molecular flexibility index (Phi) is 10.3. The third-order valence-electron chi connectivity index (χ3n) is 5.86. The molecular formula is C29H28F3NO9. The van der Waals surface area contributed by atoms with E-state index in [1.165, 1.54) is 64.1 Å². The molecule has 0 aromatic heterocycles. The molecule has 0 spiro atoms. The average Bonchev–Trinajstić information content (AvgIpc) is 2.91. The minimum Gasteiger partial charge on any atom is -0.459 e. The molecule has 1 N–H and O–H groups in total. The second kappa shape index (κ2) is 13.7. The Bertz CT molecular complexity index is 1430. The van der Waals surface area contributed by atoms with Gasteiger partial charge in [-0.15, -0.1) is 0 Å². The molecule has 42 heavy (non-hydrogen) atoms. The zero-order valence-corrected chi connectivity index (χ0v) is 23.1. The second-order valence-electron chi connectivity index (χ2n) is 8.82. The molecule has 2 aromatic carbocycles. The van der Waals surface area contributed by atoms with E-state index in [-0.39, 0.29) is 46.2 Å². The molecule has 0 radical (unpaired) electrons. The van der Waals surface area contributed by atoms with Crippen molar-refractivity contribution >= 4 is 24.1 Å². The molecule has 1 aliphatic heterocycles. The smallest absolute Gasteiger partial charge is 0.459 e. The predicted molar refractivity (Wildman–Crippen MR) is 140 cm³/mol. The SMILES string of the molecule is CCOC(=O)OC1=C(C)NC(C)=C(C(=O)OCCOC(=O)c2ccccc2OC(C)=O)C1c1ccccc1C(F)(F)F. The molecular weight excluding hydrogens is 563 g/mol. The Labute approximate surface area is 239 Å². The van der Waals surface area contributed by atoms with Gasteiger partial charge in [-0.1, -0.05) is 30.3 Å². The molecule has 0 aliphatic carbocycles. The summed E-state index contributed by atoms with van der Waals surface area (Å²) in [5.74, 6) is -4.36. The highest BCUT2D eigenvalue weighted by atomic mass is 19.4. The summed E-state index contributed by atoms with van der Waals surface area (Å²) in [5.41, 5.74) is -1.37. The number of nitrogens with one attached hydrogen (secondary N) is 1. The predicted octanol–water partition coefficient (Wildman–Crippen LogP) is 5.40. The topological polar surface area (TPSA) is 126 Å². The van der Waals surface area contributed by atoms with Crippen LogP contribution in [-0.4, -0.2) is 43.9 Å². The number of alkyl halides is 3. The largest absolute Gasteiger partial charge is 0.513 e. The summed E-state index contributed by atoms with van der Waals surface area (Å²) in [4.78, 5) is 49.3. The van der Waals surface area contributed by atoms with Crippen LogP contribution in [0.25, 0.3) is 0 Å². The quantitative estimate of drug-likeness (QED) is 0.175. The van der Waals surface area contributed by atoms with E-state index in [1.54, 1.807) is 6.07 Å². The molecule has 2 aromatic rings. The van der Waals surface area contributed by atoms with Gasteiger partial charge in [0.05, 0.1) is 29.4 Å². The zero-order valence-electron chi connectivity index (χ0n) is 23.1. The van der Waals surface area contributed by atoms with Gasteiger partial charge in [0.1, 0.15) is 30.3 Å². The van der Waals surface area contributed by atoms with Crippen LogP contribution < -0.4 is 10.1 Å². The fraction of sp³-hybridized carbons (Fsp3) is 0.310. The highest BCUT2D eigenvalue weighted by Gasteiger charge is 2.42. The van der Waals surface area contributed by atoms with Crippen molar-refractivity contribution in [2.24, 2.45) is 0 Å².